The lowest BCUT2D eigenvalue weighted by Gasteiger charge is -1.94. The third-order valence-electron chi connectivity index (χ3n) is 0.943. The summed E-state index contributed by atoms with van der Waals surface area (Å²) >= 11 is 5.49. The highest BCUT2D eigenvalue weighted by Crippen LogP contribution is 2.30. The molecule has 0 saturated carbocycles. The van der Waals surface area contributed by atoms with E-state index in [4.69, 9.17) is 11.6 Å². The van der Waals surface area contributed by atoms with Crippen LogP contribution in [0.4, 0.5) is 0 Å². The summed E-state index contributed by atoms with van der Waals surface area (Å²) in [5, 5.41) is 0.638. The van der Waals surface area contributed by atoms with Gasteiger partial charge >= 0.3 is 0 Å². The highest BCUT2D eigenvalue weighted by Gasteiger charge is 1.89. The molecule has 54 valence electrons. The predicted molar refractivity (Wildman–Crippen MR) is 50.6 cm³/mol. The molecular weight excluding hydrogens is 184 g/mol. The molecule has 0 aliphatic rings. The number of hydrogen-bond acceptors (Lipinski definition) is 2. The SMILES string of the molecule is ClCSSc1ccccc1. The Labute approximate surface area is 73.7 Å². The molecule has 0 atom stereocenters. The van der Waals surface area contributed by atoms with Gasteiger partial charge in [0.1, 0.15) is 0 Å². The molecule has 0 N–H and O–H groups in total. The van der Waals surface area contributed by atoms with Crippen molar-refractivity contribution >= 4 is 33.2 Å². The van der Waals surface area contributed by atoms with Gasteiger partial charge in [-0.2, -0.15) is 0 Å². The minimum Gasteiger partial charge on any atom is -0.114 e. The van der Waals surface area contributed by atoms with Crippen LogP contribution in [0.5, 0.6) is 0 Å². The Kier molecular flexibility index (Phi) is 4.10. The van der Waals surface area contributed by atoms with Crippen molar-refractivity contribution in [3.8, 4) is 0 Å². The molecule has 0 nitrogen and oxygen atoms in total. The fourth-order valence-corrected chi connectivity index (χ4v) is 2.29. The molecule has 0 aromatic heterocycles. The van der Waals surface area contributed by atoms with Gasteiger partial charge in [-0.25, -0.2) is 0 Å². The van der Waals surface area contributed by atoms with Gasteiger partial charge < -0.3 is 0 Å². The molecule has 0 unspecified atom stereocenters. The Morgan fingerprint density at radius 3 is 2.50 bits per heavy atom. The summed E-state index contributed by atoms with van der Waals surface area (Å²) in [6.07, 6.45) is 0. The normalized spacial score (nSPS) is 9.70. The Morgan fingerprint density at radius 1 is 1.20 bits per heavy atom. The number of hydrogen-bond donors (Lipinski definition) is 0. The molecule has 0 aliphatic heterocycles. The zero-order valence-corrected chi connectivity index (χ0v) is 7.68. The first-order valence-electron chi connectivity index (χ1n) is 2.84. The summed E-state index contributed by atoms with van der Waals surface area (Å²) in [5.41, 5.74) is 0. The highest BCUT2D eigenvalue weighted by molar-refractivity contribution is 8.77. The maximum absolute atomic E-state index is 5.49. The molecule has 3 heteroatoms. The number of benzene rings is 1. The van der Waals surface area contributed by atoms with Gasteiger partial charge in [-0.3, -0.25) is 0 Å². The van der Waals surface area contributed by atoms with Gasteiger partial charge in [0.2, 0.25) is 0 Å². The van der Waals surface area contributed by atoms with Crippen molar-refractivity contribution in [1.29, 1.82) is 0 Å². The van der Waals surface area contributed by atoms with Crippen LogP contribution in [0.25, 0.3) is 0 Å². The quantitative estimate of drug-likeness (QED) is 0.528. The second kappa shape index (κ2) is 4.94. The Morgan fingerprint density at radius 2 is 1.90 bits per heavy atom. The van der Waals surface area contributed by atoms with Gasteiger partial charge in [0.05, 0.1) is 5.21 Å². The van der Waals surface area contributed by atoms with Gasteiger partial charge in [-0.1, -0.05) is 39.8 Å². The molecule has 0 aliphatic carbocycles. The molecular formula is C7H7ClS2. The summed E-state index contributed by atoms with van der Waals surface area (Å²) < 4.78 is 0. The minimum atomic E-state index is 0.638. The van der Waals surface area contributed by atoms with Crippen LogP contribution in [-0.2, 0) is 0 Å². The van der Waals surface area contributed by atoms with Gasteiger partial charge in [-0.05, 0) is 12.1 Å². The molecule has 10 heavy (non-hydrogen) atoms. The molecule has 1 aromatic rings. The smallest absolute Gasteiger partial charge is 0.0787 e. The molecule has 0 fully saturated rings. The lowest BCUT2D eigenvalue weighted by Crippen LogP contribution is -1.63. The maximum Gasteiger partial charge on any atom is 0.0787 e. The first-order chi connectivity index (χ1) is 4.93. The van der Waals surface area contributed by atoms with Crippen LogP contribution in [0.3, 0.4) is 0 Å². The molecule has 0 spiro atoms. The summed E-state index contributed by atoms with van der Waals surface area (Å²) in [6, 6.07) is 10.2. The molecule has 0 amide bonds. The van der Waals surface area contributed by atoms with E-state index in [2.05, 4.69) is 12.1 Å². The summed E-state index contributed by atoms with van der Waals surface area (Å²) in [6.45, 7) is 0. The standard InChI is InChI=1S/C7H7ClS2/c8-6-9-10-7-4-2-1-3-5-7/h1-5H,6H2. The minimum absolute atomic E-state index is 0.638. The Hall–Kier alpha value is 0.210. The molecule has 1 aromatic carbocycles. The van der Waals surface area contributed by atoms with Crippen molar-refractivity contribution in [3.05, 3.63) is 30.3 Å². The van der Waals surface area contributed by atoms with Gasteiger partial charge in [-0.15, -0.1) is 11.6 Å². The molecule has 0 bridgehead atoms. The van der Waals surface area contributed by atoms with Crippen molar-refractivity contribution in [2.45, 2.75) is 4.90 Å². The summed E-state index contributed by atoms with van der Waals surface area (Å²) in [5.74, 6) is 0. The van der Waals surface area contributed by atoms with E-state index in [-0.39, 0.29) is 0 Å². The third-order valence-corrected chi connectivity index (χ3v) is 3.61. The first-order valence-corrected chi connectivity index (χ1v) is 5.69. The fraction of sp³-hybridized carbons (Fsp3) is 0.143. The molecule has 0 saturated heterocycles. The molecule has 1 rings (SSSR count). The molecule has 0 radical (unpaired) electrons. The van der Waals surface area contributed by atoms with Crippen molar-refractivity contribution in [3.63, 3.8) is 0 Å². The highest BCUT2D eigenvalue weighted by atomic mass is 35.5. The van der Waals surface area contributed by atoms with E-state index in [0.29, 0.717) is 5.21 Å². The van der Waals surface area contributed by atoms with E-state index >= 15 is 0 Å². The van der Waals surface area contributed by atoms with Crippen LogP contribution < -0.4 is 0 Å². The van der Waals surface area contributed by atoms with Crippen molar-refractivity contribution in [2.75, 3.05) is 5.21 Å². The first kappa shape index (κ1) is 8.31. The topological polar surface area (TPSA) is 0 Å². The average molecular weight is 191 g/mol. The van der Waals surface area contributed by atoms with E-state index < -0.39 is 0 Å². The Bertz CT molecular complexity index is 176. The van der Waals surface area contributed by atoms with Crippen molar-refractivity contribution < 1.29 is 0 Å². The zero-order chi connectivity index (χ0) is 7.23. The average Bonchev–Trinajstić information content (AvgIpc) is 2.03. The van der Waals surface area contributed by atoms with E-state index in [1.165, 1.54) is 4.90 Å². The molecule has 0 heterocycles. The van der Waals surface area contributed by atoms with Gasteiger partial charge in [0.15, 0.2) is 0 Å². The lowest BCUT2D eigenvalue weighted by atomic mass is 10.4. The number of halogens is 1. The number of alkyl halides is 1. The third kappa shape index (κ3) is 2.86. The van der Waals surface area contributed by atoms with E-state index in [1.807, 2.05) is 18.2 Å². The lowest BCUT2D eigenvalue weighted by molar-refractivity contribution is 1.48. The fourth-order valence-electron chi connectivity index (χ4n) is 0.566. The van der Waals surface area contributed by atoms with E-state index in [9.17, 15) is 0 Å². The van der Waals surface area contributed by atoms with Crippen LogP contribution in [0.2, 0.25) is 0 Å². The van der Waals surface area contributed by atoms with E-state index in [0.717, 1.165) is 0 Å². The largest absolute Gasteiger partial charge is 0.114 e. The number of rotatable bonds is 3. The van der Waals surface area contributed by atoms with Crippen LogP contribution >= 0.6 is 33.2 Å². The van der Waals surface area contributed by atoms with Crippen LogP contribution in [0.15, 0.2) is 35.2 Å². The maximum atomic E-state index is 5.49. The van der Waals surface area contributed by atoms with Crippen LogP contribution in [0.1, 0.15) is 0 Å². The van der Waals surface area contributed by atoms with Crippen LogP contribution in [-0.4, -0.2) is 5.21 Å². The van der Waals surface area contributed by atoms with Gasteiger partial charge in [0.25, 0.3) is 0 Å². The van der Waals surface area contributed by atoms with Crippen LogP contribution in [0, 0.1) is 0 Å². The second-order valence-corrected chi connectivity index (χ2v) is 4.58. The van der Waals surface area contributed by atoms with Crippen molar-refractivity contribution in [1.82, 2.24) is 0 Å². The predicted octanol–water partition coefficient (Wildman–Crippen LogP) is 3.62. The second-order valence-electron chi connectivity index (χ2n) is 1.62. The van der Waals surface area contributed by atoms with E-state index in [1.54, 1.807) is 21.6 Å². The van der Waals surface area contributed by atoms with Crippen molar-refractivity contribution in [2.24, 2.45) is 0 Å². The summed E-state index contributed by atoms with van der Waals surface area (Å²) in [4.78, 5) is 1.26. The van der Waals surface area contributed by atoms with Gasteiger partial charge in [0, 0.05) is 4.90 Å². The Balaban J connectivity index is 2.43. The zero-order valence-electron chi connectivity index (χ0n) is 5.29. The monoisotopic (exact) mass is 190 g/mol. The summed E-state index contributed by atoms with van der Waals surface area (Å²) in [7, 11) is 3.35.